The lowest BCUT2D eigenvalue weighted by atomic mass is 10.1. The maximum atomic E-state index is 13.3. The van der Waals surface area contributed by atoms with Crippen LogP contribution < -0.4 is 4.90 Å². The fraction of sp³-hybridized carbons (Fsp3) is 0.316. The number of nitrogens with zero attached hydrogens (tertiary/aromatic N) is 3. The second-order valence-corrected chi connectivity index (χ2v) is 6.31. The molecule has 23 heavy (non-hydrogen) atoms. The minimum atomic E-state index is -0.644. The Morgan fingerprint density at radius 1 is 1.13 bits per heavy atom. The van der Waals surface area contributed by atoms with Gasteiger partial charge in [-0.1, -0.05) is 23.8 Å². The Kier molecular flexibility index (Phi) is 3.52. The van der Waals surface area contributed by atoms with Gasteiger partial charge >= 0.3 is 0 Å². The van der Waals surface area contributed by atoms with Crippen molar-refractivity contribution in [2.24, 2.45) is 0 Å². The lowest BCUT2D eigenvalue weighted by molar-refractivity contribution is 0.277. The Morgan fingerprint density at radius 3 is 2.74 bits per heavy atom. The van der Waals surface area contributed by atoms with Crippen LogP contribution in [0.4, 0.5) is 10.1 Å². The van der Waals surface area contributed by atoms with Crippen molar-refractivity contribution in [1.82, 2.24) is 9.38 Å². The van der Waals surface area contributed by atoms with Crippen LogP contribution in [0.15, 0.2) is 48.8 Å². The van der Waals surface area contributed by atoms with Crippen LogP contribution in [0, 0.1) is 6.92 Å². The molecule has 0 unspecified atom stereocenters. The highest BCUT2D eigenvalue weighted by molar-refractivity contribution is 5.66. The largest absolute Gasteiger partial charge is 0.371 e. The molecule has 0 saturated carbocycles. The van der Waals surface area contributed by atoms with E-state index in [0.717, 1.165) is 35.7 Å². The van der Waals surface area contributed by atoms with Crippen molar-refractivity contribution >= 4 is 11.3 Å². The van der Waals surface area contributed by atoms with Gasteiger partial charge in [-0.2, -0.15) is 0 Å². The molecule has 1 fully saturated rings. The summed E-state index contributed by atoms with van der Waals surface area (Å²) < 4.78 is 15.4. The van der Waals surface area contributed by atoms with Crippen molar-refractivity contribution in [3.63, 3.8) is 0 Å². The Labute approximate surface area is 135 Å². The normalized spacial score (nSPS) is 16.2. The SMILES string of the molecule is Cc1cccc(-c2cn3ccc(N4CCC(F)CC4)cc3n2)c1. The number of fused-ring (bicyclic) bond motifs is 1. The van der Waals surface area contributed by atoms with Crippen molar-refractivity contribution in [1.29, 1.82) is 0 Å². The second-order valence-electron chi connectivity index (χ2n) is 6.31. The predicted molar refractivity (Wildman–Crippen MR) is 91.7 cm³/mol. The summed E-state index contributed by atoms with van der Waals surface area (Å²) in [7, 11) is 0. The zero-order chi connectivity index (χ0) is 15.8. The molecule has 0 aliphatic carbocycles. The quantitative estimate of drug-likeness (QED) is 0.705. The summed E-state index contributed by atoms with van der Waals surface area (Å²) in [5.41, 5.74) is 5.41. The average molecular weight is 309 g/mol. The smallest absolute Gasteiger partial charge is 0.139 e. The molecule has 0 radical (unpaired) electrons. The lowest BCUT2D eigenvalue weighted by Gasteiger charge is -2.30. The molecule has 0 amide bonds. The van der Waals surface area contributed by atoms with Crippen molar-refractivity contribution in [3.05, 3.63) is 54.4 Å². The molecule has 0 atom stereocenters. The number of aryl methyl sites for hydroxylation is 1. The third kappa shape index (κ3) is 2.81. The van der Waals surface area contributed by atoms with Gasteiger partial charge in [-0.3, -0.25) is 0 Å². The molecule has 2 aromatic heterocycles. The monoisotopic (exact) mass is 309 g/mol. The van der Waals surface area contributed by atoms with Gasteiger partial charge in [0, 0.05) is 42.8 Å². The molecule has 3 heterocycles. The van der Waals surface area contributed by atoms with Crippen LogP contribution in [0.25, 0.3) is 16.9 Å². The molecule has 1 saturated heterocycles. The molecule has 4 heteroatoms. The van der Waals surface area contributed by atoms with E-state index in [-0.39, 0.29) is 0 Å². The molecular formula is C19H20FN3. The Bertz CT molecular complexity index is 832. The number of alkyl halides is 1. The average Bonchev–Trinajstić information content (AvgIpc) is 2.99. The van der Waals surface area contributed by atoms with E-state index < -0.39 is 6.17 Å². The zero-order valence-corrected chi connectivity index (χ0v) is 13.2. The summed E-state index contributed by atoms with van der Waals surface area (Å²) in [6.07, 6.45) is 4.69. The van der Waals surface area contributed by atoms with Gasteiger partial charge in [0.1, 0.15) is 11.8 Å². The van der Waals surface area contributed by atoms with E-state index >= 15 is 0 Å². The number of hydrogen-bond acceptors (Lipinski definition) is 2. The summed E-state index contributed by atoms with van der Waals surface area (Å²) in [6.45, 7) is 3.65. The number of piperidine rings is 1. The number of rotatable bonds is 2. The van der Waals surface area contributed by atoms with Gasteiger partial charge in [0.05, 0.1) is 5.69 Å². The second kappa shape index (κ2) is 5.69. The van der Waals surface area contributed by atoms with Crippen molar-refractivity contribution < 1.29 is 4.39 Å². The minimum Gasteiger partial charge on any atom is -0.371 e. The van der Waals surface area contributed by atoms with Crippen LogP contribution in [0.5, 0.6) is 0 Å². The highest BCUT2D eigenvalue weighted by atomic mass is 19.1. The number of halogens is 1. The first-order valence-corrected chi connectivity index (χ1v) is 8.14. The maximum absolute atomic E-state index is 13.3. The van der Waals surface area contributed by atoms with E-state index in [1.807, 2.05) is 10.6 Å². The van der Waals surface area contributed by atoms with Crippen LogP contribution in [0.3, 0.4) is 0 Å². The number of hydrogen-bond donors (Lipinski definition) is 0. The van der Waals surface area contributed by atoms with Crippen molar-refractivity contribution in [2.75, 3.05) is 18.0 Å². The number of anilines is 1. The van der Waals surface area contributed by atoms with E-state index in [1.165, 1.54) is 5.56 Å². The fourth-order valence-electron chi connectivity index (χ4n) is 3.22. The van der Waals surface area contributed by atoms with E-state index in [1.54, 1.807) is 0 Å². The highest BCUT2D eigenvalue weighted by Gasteiger charge is 2.19. The van der Waals surface area contributed by atoms with Crippen LogP contribution in [-0.2, 0) is 0 Å². The molecule has 0 bridgehead atoms. The van der Waals surface area contributed by atoms with E-state index in [2.05, 4.69) is 54.4 Å². The maximum Gasteiger partial charge on any atom is 0.139 e. The van der Waals surface area contributed by atoms with Gasteiger partial charge in [0.2, 0.25) is 0 Å². The van der Waals surface area contributed by atoms with Crippen LogP contribution in [0.1, 0.15) is 18.4 Å². The summed E-state index contributed by atoms with van der Waals surface area (Å²) >= 11 is 0. The van der Waals surface area contributed by atoms with Gasteiger partial charge in [-0.15, -0.1) is 0 Å². The molecule has 1 aromatic carbocycles. The van der Waals surface area contributed by atoms with Crippen LogP contribution in [0.2, 0.25) is 0 Å². The molecule has 118 valence electrons. The molecule has 4 rings (SSSR count). The molecule has 3 nitrogen and oxygen atoms in total. The summed E-state index contributed by atoms with van der Waals surface area (Å²) in [4.78, 5) is 7.00. The Morgan fingerprint density at radius 2 is 1.96 bits per heavy atom. The van der Waals surface area contributed by atoms with Gasteiger partial charge in [-0.05, 0) is 31.9 Å². The highest BCUT2D eigenvalue weighted by Crippen LogP contribution is 2.25. The number of pyridine rings is 1. The van der Waals surface area contributed by atoms with Gasteiger partial charge in [-0.25, -0.2) is 9.37 Å². The number of imidazole rings is 1. The lowest BCUT2D eigenvalue weighted by Crippen LogP contribution is -2.34. The number of benzene rings is 1. The van der Waals surface area contributed by atoms with Gasteiger partial charge in [0.25, 0.3) is 0 Å². The summed E-state index contributed by atoms with van der Waals surface area (Å²) in [5, 5.41) is 0. The molecule has 0 N–H and O–H groups in total. The molecule has 0 spiro atoms. The summed E-state index contributed by atoms with van der Waals surface area (Å²) in [6, 6.07) is 12.6. The first-order valence-electron chi connectivity index (χ1n) is 8.14. The standard InChI is InChI=1S/C19H20FN3/c1-14-3-2-4-15(11-14)18-13-23-10-7-17(12-19(23)21-18)22-8-5-16(20)6-9-22/h2-4,7,10-13,16H,5-6,8-9H2,1H3. The fourth-order valence-corrected chi connectivity index (χ4v) is 3.22. The minimum absolute atomic E-state index is 0.619. The van der Waals surface area contributed by atoms with Gasteiger partial charge < -0.3 is 9.30 Å². The first kappa shape index (κ1) is 14.2. The van der Waals surface area contributed by atoms with Crippen molar-refractivity contribution in [2.45, 2.75) is 25.9 Å². The van der Waals surface area contributed by atoms with Crippen molar-refractivity contribution in [3.8, 4) is 11.3 Å². The first-order chi connectivity index (χ1) is 11.2. The Hall–Kier alpha value is -2.36. The van der Waals surface area contributed by atoms with E-state index in [0.29, 0.717) is 12.8 Å². The Balaban J connectivity index is 1.67. The molecule has 1 aliphatic rings. The molecule has 1 aliphatic heterocycles. The van der Waals surface area contributed by atoms with E-state index in [4.69, 9.17) is 4.98 Å². The summed E-state index contributed by atoms with van der Waals surface area (Å²) in [5.74, 6) is 0. The third-order valence-electron chi connectivity index (χ3n) is 4.55. The molecule has 3 aromatic rings. The van der Waals surface area contributed by atoms with Crippen LogP contribution >= 0.6 is 0 Å². The molecular weight excluding hydrogens is 289 g/mol. The zero-order valence-electron chi connectivity index (χ0n) is 13.2. The van der Waals surface area contributed by atoms with Gasteiger partial charge in [0.15, 0.2) is 0 Å². The van der Waals surface area contributed by atoms with Crippen LogP contribution in [-0.4, -0.2) is 28.6 Å². The van der Waals surface area contributed by atoms with E-state index in [9.17, 15) is 4.39 Å². The topological polar surface area (TPSA) is 20.5 Å². The predicted octanol–water partition coefficient (Wildman–Crippen LogP) is 4.25. The third-order valence-corrected chi connectivity index (χ3v) is 4.55. The number of aromatic nitrogens is 2.